The van der Waals surface area contributed by atoms with Crippen molar-refractivity contribution in [3.8, 4) is 0 Å². The van der Waals surface area contributed by atoms with Gasteiger partial charge in [-0.3, -0.25) is 9.11 Å². The van der Waals surface area contributed by atoms with E-state index in [1.807, 2.05) is 0 Å². The molecule has 0 spiro atoms. The van der Waals surface area contributed by atoms with E-state index in [1.54, 1.807) is 12.1 Å². The van der Waals surface area contributed by atoms with Crippen molar-refractivity contribution in [2.75, 3.05) is 13.2 Å². The first-order valence-electron chi connectivity index (χ1n) is 5.81. The maximum atomic E-state index is 11.3. The Bertz CT molecular complexity index is 864. The molecule has 0 aliphatic heterocycles. The summed E-state index contributed by atoms with van der Waals surface area (Å²) in [4.78, 5) is -1.66. The highest BCUT2D eigenvalue weighted by atomic mass is 32.2. The minimum absolute atomic E-state index is 0. The molecule has 0 saturated carbocycles. The van der Waals surface area contributed by atoms with Gasteiger partial charge in [0.15, 0.2) is 0 Å². The molecular weight excluding hydrogens is 364 g/mol. The van der Waals surface area contributed by atoms with Crippen molar-refractivity contribution in [2.24, 2.45) is 0 Å². The smallest absolute Gasteiger partial charge is 0.296 e. The minimum Gasteiger partial charge on any atom is -0.394 e. The molecule has 0 aliphatic rings. The molecule has 2 aromatic carbocycles. The van der Waals surface area contributed by atoms with Crippen molar-refractivity contribution in [2.45, 2.75) is 9.79 Å². The fourth-order valence-corrected chi connectivity index (χ4v) is 3.69. The van der Waals surface area contributed by atoms with Crippen molar-refractivity contribution < 1.29 is 36.2 Å². The number of hydrogen-bond donors (Lipinski definition) is 6. The second kappa shape index (κ2) is 9.61. The molecule has 0 radical (unpaired) electrons. The zero-order chi connectivity index (χ0) is 17.0. The second-order valence-corrected chi connectivity index (χ2v) is 6.76. The number of aliphatic hydroxyl groups is 2. The van der Waals surface area contributed by atoms with E-state index in [-0.39, 0.29) is 30.9 Å². The third-order valence-corrected chi connectivity index (χ3v) is 4.46. The Hall–Kier alpha value is -1.64. The van der Waals surface area contributed by atoms with Gasteiger partial charge in [-0.2, -0.15) is 16.8 Å². The fourth-order valence-electron chi connectivity index (χ4n) is 1.69. The van der Waals surface area contributed by atoms with Crippen LogP contribution in [0.4, 0.5) is 0 Å². The van der Waals surface area contributed by atoms with Gasteiger partial charge >= 0.3 is 0 Å². The zero-order valence-corrected chi connectivity index (χ0v) is 14.2. The van der Waals surface area contributed by atoms with E-state index in [2.05, 4.69) is 0 Å². The summed E-state index contributed by atoms with van der Waals surface area (Å²) in [5, 5.41) is 15.7. The molecule has 2 aromatic rings. The molecule has 0 saturated heterocycles. The third kappa shape index (κ3) is 6.10. The monoisotopic (exact) mass is 384 g/mol. The number of fused-ring (bicyclic) bond motifs is 1. The maximum Gasteiger partial charge on any atom is 0.296 e. The molecule has 0 unspecified atom stereocenters. The van der Waals surface area contributed by atoms with Crippen LogP contribution in [0.2, 0.25) is 0 Å². The number of benzene rings is 2. The van der Waals surface area contributed by atoms with Crippen LogP contribution in [-0.4, -0.2) is 49.4 Å². The molecule has 10 N–H and O–H groups in total. The van der Waals surface area contributed by atoms with E-state index in [0.29, 0.717) is 5.39 Å². The van der Waals surface area contributed by atoms with Gasteiger partial charge < -0.3 is 22.5 Å². The van der Waals surface area contributed by atoms with Gasteiger partial charge in [-0.15, -0.1) is 0 Å². The molecule has 10 nitrogen and oxygen atoms in total. The zero-order valence-electron chi connectivity index (χ0n) is 12.5. The topological polar surface area (TPSA) is 219 Å². The molecule has 0 aliphatic carbocycles. The summed E-state index contributed by atoms with van der Waals surface area (Å²) >= 11 is 0. The molecule has 0 fully saturated rings. The van der Waals surface area contributed by atoms with E-state index >= 15 is 0 Å². The van der Waals surface area contributed by atoms with E-state index in [4.69, 9.17) is 19.3 Å². The van der Waals surface area contributed by atoms with Gasteiger partial charge in [-0.05, 0) is 11.5 Å². The minimum atomic E-state index is -4.78. The molecular formula is C12H20N2O8S2. The Morgan fingerprint density at radius 1 is 0.750 bits per heavy atom. The lowest BCUT2D eigenvalue weighted by Gasteiger charge is -2.08. The van der Waals surface area contributed by atoms with Crippen molar-refractivity contribution >= 4 is 31.0 Å². The first-order chi connectivity index (χ1) is 10.1. The first-order valence-corrected chi connectivity index (χ1v) is 8.69. The molecule has 0 atom stereocenters. The van der Waals surface area contributed by atoms with E-state index in [0.717, 1.165) is 6.07 Å². The molecule has 0 heterocycles. The molecule has 0 amide bonds. The van der Waals surface area contributed by atoms with Crippen LogP contribution in [0.15, 0.2) is 46.2 Å². The summed E-state index contributed by atoms with van der Waals surface area (Å²) in [6.45, 7) is -0.250. The predicted octanol–water partition coefficient (Wildman–Crippen LogP) is 0.628. The van der Waals surface area contributed by atoms with E-state index in [9.17, 15) is 16.8 Å². The Kier molecular flexibility index (Phi) is 9.85. The summed E-state index contributed by atoms with van der Waals surface area (Å²) in [5.41, 5.74) is 0. The van der Waals surface area contributed by atoms with E-state index < -0.39 is 30.0 Å². The maximum absolute atomic E-state index is 11.3. The van der Waals surface area contributed by atoms with Gasteiger partial charge in [0, 0.05) is 5.39 Å². The SMILES string of the molecule is N.N.O=S(=O)(O)c1ccc2ccccc2c1S(=O)(=O)O.OCCO. The average molecular weight is 384 g/mol. The molecule has 138 valence electrons. The third-order valence-electron chi connectivity index (χ3n) is 2.48. The molecule has 0 bridgehead atoms. The Morgan fingerprint density at radius 2 is 1.25 bits per heavy atom. The van der Waals surface area contributed by atoms with Crippen molar-refractivity contribution in [1.82, 2.24) is 12.3 Å². The summed E-state index contributed by atoms with van der Waals surface area (Å²) < 4.78 is 63.0. The first kappa shape index (κ1) is 24.6. The Labute approximate surface area is 139 Å². The van der Waals surface area contributed by atoms with Crippen LogP contribution in [0.25, 0.3) is 10.8 Å². The normalized spacial score (nSPS) is 10.8. The summed E-state index contributed by atoms with van der Waals surface area (Å²) in [5.74, 6) is 0. The van der Waals surface area contributed by atoms with Crippen molar-refractivity contribution in [1.29, 1.82) is 0 Å². The Morgan fingerprint density at radius 3 is 1.67 bits per heavy atom. The number of aliphatic hydroxyl groups excluding tert-OH is 2. The van der Waals surface area contributed by atoms with Crippen LogP contribution < -0.4 is 12.3 Å². The van der Waals surface area contributed by atoms with Crippen LogP contribution in [-0.2, 0) is 20.2 Å². The van der Waals surface area contributed by atoms with Gasteiger partial charge in [-0.1, -0.05) is 30.3 Å². The highest BCUT2D eigenvalue weighted by molar-refractivity contribution is 7.89. The fraction of sp³-hybridized carbons (Fsp3) is 0.167. The van der Waals surface area contributed by atoms with Gasteiger partial charge in [-0.25, -0.2) is 0 Å². The second-order valence-electron chi connectivity index (χ2n) is 4.01. The number of hydrogen-bond acceptors (Lipinski definition) is 8. The average Bonchev–Trinajstić information content (AvgIpc) is 2.44. The van der Waals surface area contributed by atoms with Crippen LogP contribution in [0, 0.1) is 0 Å². The summed E-state index contributed by atoms with van der Waals surface area (Å²) in [7, 11) is -9.53. The highest BCUT2D eigenvalue weighted by Crippen LogP contribution is 2.29. The van der Waals surface area contributed by atoms with Crippen LogP contribution in [0.5, 0.6) is 0 Å². The van der Waals surface area contributed by atoms with Crippen LogP contribution in [0.1, 0.15) is 0 Å². The summed E-state index contributed by atoms with van der Waals surface area (Å²) in [6.07, 6.45) is 0. The quantitative estimate of drug-likeness (QED) is 0.405. The van der Waals surface area contributed by atoms with Gasteiger partial charge in [0.25, 0.3) is 20.2 Å². The van der Waals surface area contributed by atoms with E-state index in [1.165, 1.54) is 18.2 Å². The number of rotatable bonds is 3. The molecule has 2 rings (SSSR count). The van der Waals surface area contributed by atoms with Gasteiger partial charge in [0.2, 0.25) is 0 Å². The van der Waals surface area contributed by atoms with Crippen molar-refractivity contribution in [3.05, 3.63) is 36.4 Å². The summed E-state index contributed by atoms with van der Waals surface area (Å²) in [6, 6.07) is 8.28. The van der Waals surface area contributed by atoms with Gasteiger partial charge in [0.1, 0.15) is 9.79 Å². The standard InChI is InChI=1S/C10H8O6S2.C2H6O2.2H3N/c11-17(12,13)9-6-5-7-3-1-2-4-8(7)10(9)18(14,15)16;3-1-2-4;;/h1-6H,(H,11,12,13)(H,14,15,16);3-4H,1-2H2;2*1H3. The highest BCUT2D eigenvalue weighted by Gasteiger charge is 2.26. The lowest BCUT2D eigenvalue weighted by Crippen LogP contribution is -2.09. The van der Waals surface area contributed by atoms with Gasteiger partial charge in [0.05, 0.1) is 13.2 Å². The Balaban J connectivity index is 0. The van der Waals surface area contributed by atoms with Crippen molar-refractivity contribution in [3.63, 3.8) is 0 Å². The lowest BCUT2D eigenvalue weighted by atomic mass is 10.1. The lowest BCUT2D eigenvalue weighted by molar-refractivity contribution is 0.186. The predicted molar refractivity (Wildman–Crippen MR) is 87.8 cm³/mol. The molecule has 12 heteroatoms. The molecule has 24 heavy (non-hydrogen) atoms. The molecule has 0 aromatic heterocycles. The van der Waals surface area contributed by atoms with Crippen LogP contribution >= 0.6 is 0 Å². The largest absolute Gasteiger partial charge is 0.394 e. The van der Waals surface area contributed by atoms with Crippen LogP contribution in [0.3, 0.4) is 0 Å².